The normalized spacial score (nSPS) is 17.7. The van der Waals surface area contributed by atoms with E-state index in [1.807, 2.05) is 0 Å². The Hall–Kier alpha value is -2.07. The molecule has 1 atom stereocenters. The number of halogens is 1. The SMILES string of the molecule is O=C(NC1=CC[C@H](C(=O)O)C=C1)c1ccc(Cl)cc1. The summed E-state index contributed by atoms with van der Waals surface area (Å²) in [6.07, 6.45) is 5.25. The van der Waals surface area contributed by atoms with Crippen LogP contribution in [0, 0.1) is 5.92 Å². The molecular formula is C14H12ClNO3. The van der Waals surface area contributed by atoms with Crippen LogP contribution in [0.3, 0.4) is 0 Å². The van der Waals surface area contributed by atoms with E-state index < -0.39 is 11.9 Å². The van der Waals surface area contributed by atoms with Crippen molar-refractivity contribution in [3.63, 3.8) is 0 Å². The predicted molar refractivity (Wildman–Crippen MR) is 71.9 cm³/mol. The number of benzene rings is 1. The fourth-order valence-electron chi connectivity index (χ4n) is 1.70. The maximum Gasteiger partial charge on any atom is 0.310 e. The molecule has 0 aromatic heterocycles. The molecule has 0 saturated carbocycles. The summed E-state index contributed by atoms with van der Waals surface area (Å²) in [5.41, 5.74) is 1.11. The van der Waals surface area contributed by atoms with Crippen LogP contribution in [-0.2, 0) is 4.79 Å². The van der Waals surface area contributed by atoms with Crippen LogP contribution in [0.1, 0.15) is 16.8 Å². The first-order valence-corrected chi connectivity index (χ1v) is 6.12. The van der Waals surface area contributed by atoms with Gasteiger partial charge in [-0.2, -0.15) is 0 Å². The van der Waals surface area contributed by atoms with E-state index in [2.05, 4.69) is 5.32 Å². The number of carboxylic acids is 1. The first-order chi connectivity index (χ1) is 9.06. The Bertz CT molecular complexity index is 561. The minimum Gasteiger partial charge on any atom is -0.481 e. The van der Waals surface area contributed by atoms with E-state index in [1.54, 1.807) is 42.5 Å². The Morgan fingerprint density at radius 3 is 2.47 bits per heavy atom. The van der Waals surface area contributed by atoms with E-state index in [0.717, 1.165) is 0 Å². The number of rotatable bonds is 3. The lowest BCUT2D eigenvalue weighted by Gasteiger charge is -2.13. The average Bonchev–Trinajstić information content (AvgIpc) is 2.40. The Labute approximate surface area is 115 Å². The zero-order chi connectivity index (χ0) is 13.8. The van der Waals surface area contributed by atoms with E-state index in [-0.39, 0.29) is 5.91 Å². The molecule has 5 heteroatoms. The minimum atomic E-state index is -0.865. The number of carboxylic acid groups (broad SMARTS) is 1. The van der Waals surface area contributed by atoms with Crippen molar-refractivity contribution in [2.24, 2.45) is 5.92 Å². The zero-order valence-electron chi connectivity index (χ0n) is 9.97. The largest absolute Gasteiger partial charge is 0.481 e. The van der Waals surface area contributed by atoms with Gasteiger partial charge in [-0.3, -0.25) is 9.59 Å². The van der Waals surface area contributed by atoms with Crippen LogP contribution >= 0.6 is 11.6 Å². The molecule has 1 aliphatic rings. The first kappa shape index (κ1) is 13.4. The number of allylic oxidation sites excluding steroid dienone is 2. The van der Waals surface area contributed by atoms with Crippen molar-refractivity contribution in [2.45, 2.75) is 6.42 Å². The van der Waals surface area contributed by atoms with E-state index in [4.69, 9.17) is 16.7 Å². The highest BCUT2D eigenvalue weighted by Crippen LogP contribution is 2.16. The molecule has 2 N–H and O–H groups in total. The second-order valence-electron chi connectivity index (χ2n) is 4.16. The van der Waals surface area contributed by atoms with Gasteiger partial charge in [0.2, 0.25) is 0 Å². The Kier molecular flexibility index (Phi) is 4.02. The number of carbonyl (C=O) groups is 2. The lowest BCUT2D eigenvalue weighted by molar-refractivity contribution is -0.139. The van der Waals surface area contributed by atoms with Crippen LogP contribution < -0.4 is 5.32 Å². The minimum absolute atomic E-state index is 0.249. The quantitative estimate of drug-likeness (QED) is 0.892. The van der Waals surface area contributed by atoms with Gasteiger partial charge in [-0.25, -0.2) is 0 Å². The summed E-state index contributed by atoms with van der Waals surface area (Å²) >= 11 is 5.74. The van der Waals surface area contributed by atoms with Crippen LogP contribution in [0.5, 0.6) is 0 Å². The lowest BCUT2D eigenvalue weighted by atomic mass is 9.99. The highest BCUT2D eigenvalue weighted by atomic mass is 35.5. The molecular weight excluding hydrogens is 266 g/mol. The van der Waals surface area contributed by atoms with E-state index in [9.17, 15) is 9.59 Å². The van der Waals surface area contributed by atoms with Gasteiger partial charge in [-0.05, 0) is 36.8 Å². The molecule has 1 aromatic carbocycles. The molecule has 0 spiro atoms. The standard InChI is InChI=1S/C14H12ClNO3/c15-11-5-1-9(2-6-11)13(17)16-12-7-3-10(4-8-12)14(18)19/h1-3,5-8,10H,4H2,(H,16,17)(H,18,19)/t10-/m1/s1. The van der Waals surface area contributed by atoms with Crippen LogP contribution in [0.15, 0.2) is 48.2 Å². The van der Waals surface area contributed by atoms with Gasteiger partial charge in [-0.15, -0.1) is 0 Å². The van der Waals surface area contributed by atoms with Crippen molar-refractivity contribution < 1.29 is 14.7 Å². The van der Waals surface area contributed by atoms with E-state index in [0.29, 0.717) is 22.7 Å². The Balaban J connectivity index is 1.99. The zero-order valence-corrected chi connectivity index (χ0v) is 10.7. The van der Waals surface area contributed by atoms with Crippen molar-refractivity contribution >= 4 is 23.5 Å². The Morgan fingerprint density at radius 2 is 1.95 bits per heavy atom. The van der Waals surface area contributed by atoms with Gasteiger partial charge < -0.3 is 10.4 Å². The number of hydrogen-bond donors (Lipinski definition) is 2. The van der Waals surface area contributed by atoms with Crippen molar-refractivity contribution in [2.75, 3.05) is 0 Å². The third-order valence-corrected chi connectivity index (χ3v) is 3.03. The molecule has 0 bridgehead atoms. The molecule has 0 fully saturated rings. The van der Waals surface area contributed by atoms with Gasteiger partial charge in [0, 0.05) is 16.3 Å². The van der Waals surface area contributed by atoms with Gasteiger partial charge in [0.05, 0.1) is 5.92 Å². The van der Waals surface area contributed by atoms with Crippen molar-refractivity contribution in [3.05, 3.63) is 58.8 Å². The number of aliphatic carboxylic acids is 1. The summed E-state index contributed by atoms with van der Waals surface area (Å²) < 4.78 is 0. The van der Waals surface area contributed by atoms with Crippen molar-refractivity contribution in [3.8, 4) is 0 Å². The van der Waals surface area contributed by atoms with Gasteiger partial charge in [0.15, 0.2) is 0 Å². The van der Waals surface area contributed by atoms with E-state index >= 15 is 0 Å². The monoisotopic (exact) mass is 277 g/mol. The summed E-state index contributed by atoms with van der Waals surface area (Å²) in [5.74, 6) is -1.63. The first-order valence-electron chi connectivity index (χ1n) is 5.74. The molecule has 2 rings (SSSR count). The second kappa shape index (κ2) is 5.71. The van der Waals surface area contributed by atoms with Crippen LogP contribution in [0.2, 0.25) is 5.02 Å². The summed E-state index contributed by atoms with van der Waals surface area (Å²) in [6.45, 7) is 0. The summed E-state index contributed by atoms with van der Waals surface area (Å²) in [5, 5.41) is 12.1. The number of carbonyl (C=O) groups excluding carboxylic acids is 1. The van der Waals surface area contributed by atoms with Crippen LogP contribution in [-0.4, -0.2) is 17.0 Å². The fourth-order valence-corrected chi connectivity index (χ4v) is 1.83. The molecule has 0 aliphatic heterocycles. The third-order valence-electron chi connectivity index (χ3n) is 2.78. The smallest absolute Gasteiger partial charge is 0.310 e. The molecule has 19 heavy (non-hydrogen) atoms. The topological polar surface area (TPSA) is 66.4 Å². The highest BCUT2D eigenvalue weighted by Gasteiger charge is 2.16. The highest BCUT2D eigenvalue weighted by molar-refractivity contribution is 6.30. The summed E-state index contributed by atoms with van der Waals surface area (Å²) in [4.78, 5) is 22.7. The van der Waals surface area contributed by atoms with Crippen LogP contribution in [0.4, 0.5) is 0 Å². The molecule has 1 aromatic rings. The molecule has 0 heterocycles. The number of hydrogen-bond acceptors (Lipinski definition) is 2. The molecule has 1 aliphatic carbocycles. The molecule has 4 nitrogen and oxygen atoms in total. The lowest BCUT2D eigenvalue weighted by Crippen LogP contribution is -2.24. The molecule has 1 amide bonds. The van der Waals surface area contributed by atoms with Gasteiger partial charge in [-0.1, -0.05) is 23.8 Å². The second-order valence-corrected chi connectivity index (χ2v) is 4.60. The molecule has 0 saturated heterocycles. The number of amides is 1. The van der Waals surface area contributed by atoms with Crippen molar-refractivity contribution in [1.29, 1.82) is 0 Å². The fraction of sp³-hybridized carbons (Fsp3) is 0.143. The number of nitrogens with one attached hydrogen (secondary N) is 1. The van der Waals surface area contributed by atoms with Gasteiger partial charge in [0.1, 0.15) is 0 Å². The van der Waals surface area contributed by atoms with Crippen LogP contribution in [0.25, 0.3) is 0 Å². The summed E-state index contributed by atoms with van der Waals surface area (Å²) in [7, 11) is 0. The molecule has 0 unspecified atom stereocenters. The molecule has 0 radical (unpaired) electrons. The van der Waals surface area contributed by atoms with Gasteiger partial charge >= 0.3 is 5.97 Å². The Morgan fingerprint density at radius 1 is 1.26 bits per heavy atom. The summed E-state index contributed by atoms with van der Waals surface area (Å²) in [6, 6.07) is 6.54. The maximum atomic E-state index is 11.9. The third kappa shape index (κ3) is 3.45. The molecule has 98 valence electrons. The predicted octanol–water partition coefficient (Wildman–Crippen LogP) is 2.61. The maximum absolute atomic E-state index is 11.9. The average molecular weight is 278 g/mol. The van der Waals surface area contributed by atoms with Crippen molar-refractivity contribution in [1.82, 2.24) is 5.32 Å². The van der Waals surface area contributed by atoms with E-state index in [1.165, 1.54) is 0 Å². The van der Waals surface area contributed by atoms with Gasteiger partial charge in [0.25, 0.3) is 5.91 Å².